The summed E-state index contributed by atoms with van der Waals surface area (Å²) in [5.74, 6) is 0.744. The van der Waals surface area contributed by atoms with Crippen molar-refractivity contribution in [3.8, 4) is 0 Å². The molecule has 1 aliphatic heterocycles. The van der Waals surface area contributed by atoms with Crippen LogP contribution in [0.4, 0.5) is 11.4 Å². The molecule has 4 aromatic rings. The first-order chi connectivity index (χ1) is 17.7. The van der Waals surface area contributed by atoms with Crippen molar-refractivity contribution in [2.75, 3.05) is 15.9 Å². The van der Waals surface area contributed by atoms with Crippen molar-refractivity contribution in [1.82, 2.24) is 10.3 Å². The number of pyridine rings is 1. The number of sulfonamides is 1. The first kappa shape index (κ1) is 25.3. The Labute approximate surface area is 226 Å². The number of aryl methyl sites for hydroxylation is 2. The Morgan fingerprint density at radius 2 is 1.84 bits per heavy atom. The Hall–Kier alpha value is -3.34. The summed E-state index contributed by atoms with van der Waals surface area (Å²) in [6, 6.07) is 23.0. The minimum atomic E-state index is -3.39. The minimum absolute atomic E-state index is 0.244. The molecule has 0 radical (unpaired) electrons. The lowest BCUT2D eigenvalue weighted by molar-refractivity contribution is 0.383. The summed E-state index contributed by atoms with van der Waals surface area (Å²) < 4.78 is 32.5. The number of aromatic nitrogens is 1. The molecule has 7 nitrogen and oxygen atoms in total. The molecular weight excluding hydrogens is 525 g/mol. The molecule has 2 N–H and O–H groups in total. The summed E-state index contributed by atoms with van der Waals surface area (Å²) in [6.45, 7) is 3.92. The van der Waals surface area contributed by atoms with Gasteiger partial charge in [-0.2, -0.15) is 0 Å². The number of anilines is 2. The third-order valence-corrected chi connectivity index (χ3v) is 7.85. The first-order valence-electron chi connectivity index (χ1n) is 11.6. The third-order valence-electron chi connectivity index (χ3n) is 6.01. The predicted molar refractivity (Wildman–Crippen MR) is 152 cm³/mol. The van der Waals surface area contributed by atoms with E-state index in [2.05, 4.69) is 46.2 Å². The molecule has 2 aromatic carbocycles. The van der Waals surface area contributed by atoms with Crippen LogP contribution in [0.25, 0.3) is 0 Å². The molecule has 5 rings (SSSR count). The fourth-order valence-electron chi connectivity index (χ4n) is 4.30. The smallest absolute Gasteiger partial charge is 0.229 e. The molecule has 0 saturated carbocycles. The van der Waals surface area contributed by atoms with Gasteiger partial charge in [0, 0.05) is 16.8 Å². The van der Waals surface area contributed by atoms with Gasteiger partial charge in [0.05, 0.1) is 23.7 Å². The number of nitrogens with one attached hydrogen (secondary N) is 2. The standard InChI is InChI=1S/C27H26N4O3S3/c1-17-7-10-20(11-8-17)36-24-14-13-23(34-24)26-25(22-6-4-5-15-28-22)29-27(35)31(26)19-9-12-21(18(2)16-19)30-37(3,32)33/h4-16,25-26,30H,1-3H3,(H,29,35)/t25-,26-/m1/s1. The van der Waals surface area contributed by atoms with Gasteiger partial charge in [-0.3, -0.25) is 9.71 Å². The van der Waals surface area contributed by atoms with Crippen molar-refractivity contribution < 1.29 is 12.8 Å². The SMILES string of the molecule is Cc1ccc(Sc2ccc([C@@H]3[C@@H](c4ccccn4)NC(=S)N3c3ccc(NS(C)(=O)=O)c(C)c3)o2)cc1. The molecule has 37 heavy (non-hydrogen) atoms. The maximum Gasteiger partial charge on any atom is 0.229 e. The molecule has 0 bridgehead atoms. The maximum absolute atomic E-state index is 11.8. The van der Waals surface area contributed by atoms with E-state index in [0.29, 0.717) is 10.8 Å². The zero-order valence-electron chi connectivity index (χ0n) is 20.5. The van der Waals surface area contributed by atoms with Crippen molar-refractivity contribution in [2.45, 2.75) is 35.9 Å². The zero-order valence-corrected chi connectivity index (χ0v) is 23.0. The molecule has 190 valence electrons. The van der Waals surface area contributed by atoms with Crippen molar-refractivity contribution in [3.05, 3.63) is 102 Å². The van der Waals surface area contributed by atoms with Crippen molar-refractivity contribution in [2.24, 2.45) is 0 Å². The number of nitrogens with zero attached hydrogens (tertiary/aromatic N) is 2. The van der Waals surface area contributed by atoms with Crippen molar-refractivity contribution in [3.63, 3.8) is 0 Å². The van der Waals surface area contributed by atoms with Crippen LogP contribution in [0.2, 0.25) is 0 Å². The fourth-order valence-corrected chi connectivity index (χ4v) is 6.06. The van der Waals surface area contributed by atoms with Gasteiger partial charge in [-0.25, -0.2) is 8.42 Å². The summed E-state index contributed by atoms with van der Waals surface area (Å²) in [4.78, 5) is 7.68. The van der Waals surface area contributed by atoms with E-state index in [1.807, 2.05) is 54.3 Å². The van der Waals surface area contributed by atoms with Crippen LogP contribution in [0.3, 0.4) is 0 Å². The van der Waals surface area contributed by atoms with Crippen molar-refractivity contribution in [1.29, 1.82) is 0 Å². The van der Waals surface area contributed by atoms with E-state index in [9.17, 15) is 8.42 Å². The molecule has 3 heterocycles. The van der Waals surface area contributed by atoms with Crippen LogP contribution in [-0.2, 0) is 10.0 Å². The van der Waals surface area contributed by atoms with Gasteiger partial charge >= 0.3 is 0 Å². The van der Waals surface area contributed by atoms with Gasteiger partial charge in [0.15, 0.2) is 10.2 Å². The number of hydrogen-bond donors (Lipinski definition) is 2. The molecule has 2 atom stereocenters. The average molecular weight is 551 g/mol. The molecule has 10 heteroatoms. The Bertz CT molecular complexity index is 1540. The number of furan rings is 1. The van der Waals surface area contributed by atoms with Crippen LogP contribution in [0.15, 0.2) is 93.4 Å². The van der Waals surface area contributed by atoms with E-state index in [1.165, 1.54) is 5.56 Å². The van der Waals surface area contributed by atoms with E-state index in [0.717, 1.165) is 38.9 Å². The highest BCUT2D eigenvalue weighted by atomic mass is 32.2. The Morgan fingerprint density at radius 3 is 2.51 bits per heavy atom. The molecule has 1 fully saturated rings. The second-order valence-electron chi connectivity index (χ2n) is 8.94. The van der Waals surface area contributed by atoms with Gasteiger partial charge in [-0.1, -0.05) is 35.5 Å². The second kappa shape index (κ2) is 10.2. The lowest BCUT2D eigenvalue weighted by Crippen LogP contribution is -2.29. The molecular formula is C27H26N4O3S3. The number of benzene rings is 2. The number of rotatable bonds is 7. The highest BCUT2D eigenvalue weighted by molar-refractivity contribution is 7.99. The van der Waals surface area contributed by atoms with Gasteiger partial charge < -0.3 is 14.6 Å². The molecule has 0 unspecified atom stereocenters. The summed E-state index contributed by atoms with van der Waals surface area (Å²) in [5.41, 5.74) is 4.17. The Balaban J connectivity index is 1.52. The average Bonchev–Trinajstić information content (AvgIpc) is 3.45. The first-order valence-corrected chi connectivity index (χ1v) is 14.7. The van der Waals surface area contributed by atoms with Gasteiger partial charge in [0.1, 0.15) is 11.8 Å². The van der Waals surface area contributed by atoms with Gasteiger partial charge in [-0.15, -0.1) is 0 Å². The van der Waals surface area contributed by atoms with Crippen molar-refractivity contribution >= 4 is 50.5 Å². The Kier molecular flexibility index (Phi) is 6.98. The topological polar surface area (TPSA) is 87.5 Å². The van der Waals surface area contributed by atoms with Crippen LogP contribution < -0.4 is 14.9 Å². The summed E-state index contributed by atoms with van der Waals surface area (Å²) in [5, 5.41) is 4.73. The van der Waals surface area contributed by atoms with Crippen LogP contribution in [0.1, 0.15) is 34.7 Å². The van der Waals surface area contributed by atoms with E-state index in [1.54, 1.807) is 24.0 Å². The molecule has 1 aliphatic rings. The highest BCUT2D eigenvalue weighted by Gasteiger charge is 2.42. The lowest BCUT2D eigenvalue weighted by Gasteiger charge is -2.26. The van der Waals surface area contributed by atoms with Crippen LogP contribution in [-0.4, -0.2) is 24.8 Å². The molecule has 0 amide bonds. The van der Waals surface area contributed by atoms with E-state index < -0.39 is 10.0 Å². The van der Waals surface area contributed by atoms with Crippen LogP contribution >= 0.6 is 24.0 Å². The van der Waals surface area contributed by atoms with Crippen LogP contribution in [0, 0.1) is 13.8 Å². The summed E-state index contributed by atoms with van der Waals surface area (Å²) in [6.07, 6.45) is 2.90. The minimum Gasteiger partial charge on any atom is -0.452 e. The normalized spacial score (nSPS) is 17.6. The van der Waals surface area contributed by atoms with E-state index >= 15 is 0 Å². The maximum atomic E-state index is 11.8. The van der Waals surface area contributed by atoms with E-state index in [4.69, 9.17) is 16.6 Å². The van der Waals surface area contributed by atoms with Gasteiger partial charge in [0.2, 0.25) is 10.0 Å². The third kappa shape index (κ3) is 5.66. The second-order valence-corrected chi connectivity index (χ2v) is 12.2. The summed E-state index contributed by atoms with van der Waals surface area (Å²) >= 11 is 7.35. The monoisotopic (exact) mass is 550 g/mol. The Morgan fingerprint density at radius 1 is 1.05 bits per heavy atom. The zero-order chi connectivity index (χ0) is 26.2. The van der Waals surface area contributed by atoms with Crippen LogP contribution in [0.5, 0.6) is 0 Å². The largest absolute Gasteiger partial charge is 0.452 e. The number of thiocarbonyl (C=S) groups is 1. The van der Waals surface area contributed by atoms with Gasteiger partial charge in [-0.05, 0) is 86.2 Å². The predicted octanol–water partition coefficient (Wildman–Crippen LogP) is 5.99. The summed E-state index contributed by atoms with van der Waals surface area (Å²) in [7, 11) is -3.39. The van der Waals surface area contributed by atoms with Gasteiger partial charge in [0.25, 0.3) is 0 Å². The van der Waals surface area contributed by atoms with E-state index in [-0.39, 0.29) is 12.1 Å². The lowest BCUT2D eigenvalue weighted by atomic mass is 10.0. The fraction of sp³-hybridized carbons (Fsp3) is 0.185. The number of hydrogen-bond acceptors (Lipinski definition) is 6. The molecule has 1 saturated heterocycles. The highest BCUT2D eigenvalue weighted by Crippen LogP contribution is 2.44. The molecule has 0 aliphatic carbocycles. The molecule has 0 spiro atoms. The quantitative estimate of drug-likeness (QED) is 0.271. The molecule has 2 aromatic heterocycles.